The normalized spacial score (nSPS) is 13.0. The number of rotatable bonds is 2. The summed E-state index contributed by atoms with van der Waals surface area (Å²) in [5, 5.41) is 8.58. The molecule has 3 N–H and O–H groups in total. The van der Waals surface area contributed by atoms with E-state index < -0.39 is 24.3 Å². The van der Waals surface area contributed by atoms with Crippen molar-refractivity contribution in [2.24, 2.45) is 5.73 Å². The van der Waals surface area contributed by atoms with Crippen molar-refractivity contribution in [1.29, 1.82) is 0 Å². The summed E-state index contributed by atoms with van der Waals surface area (Å²) in [5.74, 6) is -1.68. The second-order valence-corrected chi connectivity index (χ2v) is 3.01. The number of aliphatic hydroxyl groups excluding tert-OH is 1. The van der Waals surface area contributed by atoms with Crippen LogP contribution >= 0.6 is 11.6 Å². The van der Waals surface area contributed by atoms with Gasteiger partial charge in [-0.25, -0.2) is 8.78 Å². The largest absolute Gasteiger partial charge is 0.394 e. The zero-order valence-corrected chi connectivity index (χ0v) is 7.35. The predicted octanol–water partition coefficient (Wildman–Crippen LogP) is 1.61. The molecule has 0 unspecified atom stereocenters. The monoisotopic (exact) mass is 207 g/mol. The van der Waals surface area contributed by atoms with Crippen molar-refractivity contribution in [2.45, 2.75) is 6.04 Å². The van der Waals surface area contributed by atoms with Gasteiger partial charge >= 0.3 is 0 Å². The summed E-state index contributed by atoms with van der Waals surface area (Å²) in [4.78, 5) is 0. The summed E-state index contributed by atoms with van der Waals surface area (Å²) in [6, 6.07) is 0.850. The maximum absolute atomic E-state index is 13.0. The molecule has 0 saturated carbocycles. The number of benzene rings is 1. The van der Waals surface area contributed by atoms with Crippen LogP contribution in [0.3, 0.4) is 0 Å². The molecule has 0 fully saturated rings. The van der Waals surface area contributed by atoms with Crippen LogP contribution in [0.2, 0.25) is 5.02 Å². The lowest BCUT2D eigenvalue weighted by atomic mass is 10.1. The first-order chi connectivity index (χ1) is 6.06. The Morgan fingerprint density at radius 2 is 1.85 bits per heavy atom. The van der Waals surface area contributed by atoms with Gasteiger partial charge < -0.3 is 10.8 Å². The maximum atomic E-state index is 13.0. The van der Waals surface area contributed by atoms with Crippen LogP contribution in [-0.4, -0.2) is 11.7 Å². The summed E-state index contributed by atoms with van der Waals surface area (Å²) >= 11 is 5.39. The van der Waals surface area contributed by atoms with Gasteiger partial charge in [-0.15, -0.1) is 0 Å². The molecule has 72 valence electrons. The quantitative estimate of drug-likeness (QED) is 0.774. The van der Waals surface area contributed by atoms with Crippen LogP contribution < -0.4 is 5.73 Å². The number of hydrogen-bond acceptors (Lipinski definition) is 2. The molecule has 5 heteroatoms. The highest BCUT2D eigenvalue weighted by Crippen LogP contribution is 2.22. The van der Waals surface area contributed by atoms with Crippen molar-refractivity contribution in [3.8, 4) is 0 Å². The molecule has 1 atom stereocenters. The lowest BCUT2D eigenvalue weighted by Gasteiger charge is -2.10. The number of halogens is 3. The van der Waals surface area contributed by atoms with E-state index in [1.165, 1.54) is 0 Å². The molecule has 0 amide bonds. The molecule has 0 heterocycles. The van der Waals surface area contributed by atoms with Gasteiger partial charge in [-0.1, -0.05) is 11.6 Å². The van der Waals surface area contributed by atoms with Crippen LogP contribution in [0, 0.1) is 11.6 Å². The van der Waals surface area contributed by atoms with Gasteiger partial charge in [0.05, 0.1) is 12.6 Å². The van der Waals surface area contributed by atoms with E-state index in [9.17, 15) is 8.78 Å². The zero-order chi connectivity index (χ0) is 10.0. The summed E-state index contributed by atoms with van der Waals surface area (Å²) in [6.45, 7) is -0.518. The molecule has 0 aromatic heterocycles. The van der Waals surface area contributed by atoms with Gasteiger partial charge in [0.2, 0.25) is 0 Å². The van der Waals surface area contributed by atoms with Gasteiger partial charge in [-0.2, -0.15) is 0 Å². The first kappa shape index (κ1) is 10.4. The molecular formula is C8H8ClF2NO. The van der Waals surface area contributed by atoms with E-state index in [0.717, 1.165) is 12.1 Å². The van der Waals surface area contributed by atoms with E-state index in [4.69, 9.17) is 22.4 Å². The molecule has 0 aliphatic carbocycles. The smallest absolute Gasteiger partial charge is 0.132 e. The fraction of sp³-hybridized carbons (Fsp3) is 0.250. The van der Waals surface area contributed by atoms with Crippen LogP contribution in [0.1, 0.15) is 11.6 Å². The highest BCUT2D eigenvalue weighted by Gasteiger charge is 2.16. The van der Waals surface area contributed by atoms with Crippen molar-refractivity contribution >= 4 is 11.6 Å². The van der Waals surface area contributed by atoms with Crippen LogP contribution in [0.15, 0.2) is 12.1 Å². The van der Waals surface area contributed by atoms with Crippen molar-refractivity contribution in [3.63, 3.8) is 0 Å². The Balaban J connectivity index is 3.20. The minimum absolute atomic E-state index is 0.0381. The van der Waals surface area contributed by atoms with E-state index in [1.54, 1.807) is 0 Å². The average Bonchev–Trinajstić information content (AvgIpc) is 2.02. The van der Waals surface area contributed by atoms with E-state index in [0.29, 0.717) is 0 Å². The number of nitrogens with two attached hydrogens (primary N) is 1. The van der Waals surface area contributed by atoms with E-state index in [1.807, 2.05) is 0 Å². The van der Waals surface area contributed by atoms with Gasteiger partial charge in [-0.05, 0) is 12.1 Å². The van der Waals surface area contributed by atoms with Crippen LogP contribution in [0.4, 0.5) is 8.78 Å². The lowest BCUT2D eigenvalue weighted by Crippen LogP contribution is -2.17. The Morgan fingerprint density at radius 3 is 2.23 bits per heavy atom. The van der Waals surface area contributed by atoms with Crippen LogP contribution in [0.25, 0.3) is 0 Å². The Labute approximate surface area is 78.9 Å². The molecule has 1 aromatic carbocycles. The van der Waals surface area contributed by atoms with Crippen molar-refractivity contribution in [3.05, 3.63) is 34.4 Å². The molecule has 2 nitrogen and oxygen atoms in total. The molecule has 13 heavy (non-hydrogen) atoms. The molecule has 1 rings (SSSR count). The van der Waals surface area contributed by atoms with Crippen LogP contribution in [0.5, 0.6) is 0 Å². The summed E-state index contributed by atoms with van der Waals surface area (Å²) < 4.78 is 26.1. The second kappa shape index (κ2) is 4.00. The Kier molecular flexibility index (Phi) is 3.19. The van der Waals surface area contributed by atoms with Gasteiger partial charge in [0.25, 0.3) is 0 Å². The second-order valence-electron chi connectivity index (χ2n) is 2.57. The summed E-state index contributed by atoms with van der Waals surface area (Å²) in [7, 11) is 0. The first-order valence-corrected chi connectivity index (χ1v) is 3.95. The molecular weight excluding hydrogens is 200 g/mol. The molecule has 0 spiro atoms. The van der Waals surface area contributed by atoms with E-state index in [-0.39, 0.29) is 10.6 Å². The van der Waals surface area contributed by atoms with Gasteiger partial charge in [-0.3, -0.25) is 0 Å². The third kappa shape index (κ3) is 2.15. The Morgan fingerprint density at radius 1 is 1.38 bits per heavy atom. The minimum atomic E-state index is -1.06. The summed E-state index contributed by atoms with van der Waals surface area (Å²) in [5.41, 5.74) is 4.93. The Bertz CT molecular complexity index is 296. The van der Waals surface area contributed by atoms with Gasteiger partial charge in [0.15, 0.2) is 0 Å². The standard InChI is InChI=1S/C8H8ClF2NO/c9-4-1-5(10)8(6(11)2-4)7(12)3-13/h1-2,7,13H,3,12H2/t7-/m1/s1. The van der Waals surface area contributed by atoms with E-state index >= 15 is 0 Å². The molecule has 1 aromatic rings. The minimum Gasteiger partial charge on any atom is -0.394 e. The summed E-state index contributed by atoms with van der Waals surface area (Å²) in [6.07, 6.45) is 0. The molecule has 0 radical (unpaired) electrons. The van der Waals surface area contributed by atoms with Gasteiger partial charge in [0, 0.05) is 10.6 Å². The zero-order valence-electron chi connectivity index (χ0n) is 6.60. The SMILES string of the molecule is N[C@H](CO)c1c(F)cc(Cl)cc1F. The van der Waals surface area contributed by atoms with Crippen molar-refractivity contribution < 1.29 is 13.9 Å². The van der Waals surface area contributed by atoms with E-state index in [2.05, 4.69) is 0 Å². The van der Waals surface area contributed by atoms with Gasteiger partial charge in [0.1, 0.15) is 11.6 Å². The molecule has 0 aliphatic heterocycles. The topological polar surface area (TPSA) is 46.2 Å². The molecule has 0 bridgehead atoms. The molecule has 0 saturated heterocycles. The highest BCUT2D eigenvalue weighted by molar-refractivity contribution is 6.30. The highest BCUT2D eigenvalue weighted by atomic mass is 35.5. The lowest BCUT2D eigenvalue weighted by molar-refractivity contribution is 0.262. The number of hydrogen-bond donors (Lipinski definition) is 2. The maximum Gasteiger partial charge on any atom is 0.132 e. The fourth-order valence-corrected chi connectivity index (χ4v) is 1.19. The molecule has 0 aliphatic rings. The third-order valence-electron chi connectivity index (χ3n) is 1.61. The van der Waals surface area contributed by atoms with Crippen LogP contribution in [-0.2, 0) is 0 Å². The average molecular weight is 208 g/mol. The van der Waals surface area contributed by atoms with Crippen molar-refractivity contribution in [1.82, 2.24) is 0 Å². The fourth-order valence-electron chi connectivity index (χ4n) is 0.999. The van der Waals surface area contributed by atoms with Crippen molar-refractivity contribution in [2.75, 3.05) is 6.61 Å². The Hall–Kier alpha value is -0.710. The third-order valence-corrected chi connectivity index (χ3v) is 1.83. The first-order valence-electron chi connectivity index (χ1n) is 3.57. The number of aliphatic hydroxyl groups is 1. The predicted molar refractivity (Wildman–Crippen MR) is 45.4 cm³/mol.